The van der Waals surface area contributed by atoms with E-state index in [2.05, 4.69) is 31.2 Å². The molecule has 2 aromatic rings. The SMILES string of the molecule is COc1ccc(C(=N)N)cc1CSc1ccc(C)cc1. The number of aryl methyl sites for hydroxylation is 1. The number of nitrogens with two attached hydrogens (primary N) is 1. The molecule has 3 N–H and O–H groups in total. The molecule has 0 saturated heterocycles. The highest BCUT2D eigenvalue weighted by Gasteiger charge is 2.07. The molecule has 4 heteroatoms. The molecule has 0 saturated carbocycles. The fourth-order valence-electron chi connectivity index (χ4n) is 1.85. The Bertz CT molecular complexity index is 608. The average molecular weight is 286 g/mol. The van der Waals surface area contributed by atoms with Crippen molar-refractivity contribution < 1.29 is 4.74 Å². The van der Waals surface area contributed by atoms with Crippen LogP contribution in [-0.2, 0) is 5.75 Å². The van der Waals surface area contributed by atoms with Gasteiger partial charge in [0.25, 0.3) is 0 Å². The van der Waals surface area contributed by atoms with E-state index >= 15 is 0 Å². The molecular weight excluding hydrogens is 268 g/mol. The van der Waals surface area contributed by atoms with Crippen molar-refractivity contribution in [1.82, 2.24) is 0 Å². The molecule has 0 atom stereocenters. The van der Waals surface area contributed by atoms with Gasteiger partial charge in [0.15, 0.2) is 0 Å². The van der Waals surface area contributed by atoms with Crippen LogP contribution in [0.4, 0.5) is 0 Å². The minimum Gasteiger partial charge on any atom is -0.496 e. The van der Waals surface area contributed by atoms with Crippen molar-refractivity contribution in [1.29, 1.82) is 5.41 Å². The van der Waals surface area contributed by atoms with Crippen molar-refractivity contribution in [3.05, 3.63) is 59.2 Å². The molecule has 0 bridgehead atoms. The molecule has 0 amide bonds. The fraction of sp³-hybridized carbons (Fsp3) is 0.188. The molecule has 20 heavy (non-hydrogen) atoms. The summed E-state index contributed by atoms with van der Waals surface area (Å²) in [6.07, 6.45) is 0. The number of nitrogens with one attached hydrogen (secondary N) is 1. The van der Waals surface area contributed by atoms with Gasteiger partial charge in [0.2, 0.25) is 0 Å². The van der Waals surface area contributed by atoms with Crippen LogP contribution in [0, 0.1) is 12.3 Å². The Morgan fingerprint density at radius 2 is 1.90 bits per heavy atom. The number of hydrogen-bond donors (Lipinski definition) is 2. The van der Waals surface area contributed by atoms with Crippen LogP contribution in [-0.4, -0.2) is 12.9 Å². The van der Waals surface area contributed by atoms with Gasteiger partial charge in [0.05, 0.1) is 7.11 Å². The fourth-order valence-corrected chi connectivity index (χ4v) is 2.73. The second-order valence-corrected chi connectivity index (χ2v) is 5.59. The Hall–Kier alpha value is -1.94. The van der Waals surface area contributed by atoms with E-state index < -0.39 is 0 Å². The third-order valence-corrected chi connectivity index (χ3v) is 4.07. The number of amidine groups is 1. The molecule has 2 rings (SSSR count). The Morgan fingerprint density at radius 1 is 1.20 bits per heavy atom. The summed E-state index contributed by atoms with van der Waals surface area (Å²) >= 11 is 1.74. The minimum atomic E-state index is 0.0780. The van der Waals surface area contributed by atoms with Crippen LogP contribution >= 0.6 is 11.8 Å². The first-order valence-corrected chi connectivity index (χ1v) is 7.29. The van der Waals surface area contributed by atoms with Crippen LogP contribution in [0.3, 0.4) is 0 Å². The maximum absolute atomic E-state index is 7.51. The van der Waals surface area contributed by atoms with Gasteiger partial charge in [-0.3, -0.25) is 5.41 Å². The lowest BCUT2D eigenvalue weighted by atomic mass is 10.1. The molecule has 0 aliphatic carbocycles. The van der Waals surface area contributed by atoms with E-state index in [0.29, 0.717) is 0 Å². The zero-order valence-electron chi connectivity index (χ0n) is 11.6. The van der Waals surface area contributed by atoms with Crippen molar-refractivity contribution >= 4 is 17.6 Å². The standard InChI is InChI=1S/C16H18N2OS/c1-11-3-6-14(7-4-11)20-10-13-9-12(16(17)18)5-8-15(13)19-2/h3-9H,10H2,1-2H3,(H3,17,18). The van der Waals surface area contributed by atoms with E-state index in [0.717, 1.165) is 22.6 Å². The Balaban J connectivity index is 2.16. The van der Waals surface area contributed by atoms with E-state index in [-0.39, 0.29) is 5.84 Å². The van der Waals surface area contributed by atoms with Gasteiger partial charge in [-0.2, -0.15) is 0 Å². The van der Waals surface area contributed by atoms with Crippen molar-refractivity contribution in [2.45, 2.75) is 17.6 Å². The van der Waals surface area contributed by atoms with Crippen LogP contribution in [0.2, 0.25) is 0 Å². The monoisotopic (exact) mass is 286 g/mol. The molecule has 0 unspecified atom stereocenters. The molecule has 3 nitrogen and oxygen atoms in total. The predicted octanol–water partition coefficient (Wildman–Crippen LogP) is 3.58. The number of nitrogen functional groups attached to an aromatic ring is 1. The summed E-state index contributed by atoms with van der Waals surface area (Å²) in [4.78, 5) is 1.21. The lowest BCUT2D eigenvalue weighted by Crippen LogP contribution is -2.11. The number of ether oxygens (including phenoxy) is 1. The number of rotatable bonds is 5. The summed E-state index contributed by atoms with van der Waals surface area (Å²) in [7, 11) is 1.66. The predicted molar refractivity (Wildman–Crippen MR) is 84.8 cm³/mol. The molecule has 0 radical (unpaired) electrons. The van der Waals surface area contributed by atoms with Crippen LogP contribution in [0.5, 0.6) is 5.75 Å². The average Bonchev–Trinajstić information content (AvgIpc) is 2.46. The van der Waals surface area contributed by atoms with E-state index in [1.807, 2.05) is 12.1 Å². The maximum Gasteiger partial charge on any atom is 0.122 e. The highest BCUT2D eigenvalue weighted by molar-refractivity contribution is 7.98. The molecule has 2 aromatic carbocycles. The summed E-state index contributed by atoms with van der Waals surface area (Å²) in [6, 6.07) is 14.0. The third kappa shape index (κ3) is 3.54. The Morgan fingerprint density at radius 3 is 2.50 bits per heavy atom. The first-order valence-electron chi connectivity index (χ1n) is 6.31. The lowest BCUT2D eigenvalue weighted by Gasteiger charge is -2.10. The number of thioether (sulfide) groups is 1. The Labute approximate surface area is 123 Å². The zero-order chi connectivity index (χ0) is 14.5. The molecule has 0 spiro atoms. The van der Waals surface area contributed by atoms with Crippen molar-refractivity contribution in [3.8, 4) is 5.75 Å². The molecule has 0 heterocycles. The minimum absolute atomic E-state index is 0.0780. The summed E-state index contributed by atoms with van der Waals surface area (Å²) in [6.45, 7) is 2.08. The van der Waals surface area contributed by atoms with E-state index in [1.165, 1.54) is 10.5 Å². The van der Waals surface area contributed by atoms with Gasteiger partial charge in [-0.1, -0.05) is 17.7 Å². The molecule has 0 aromatic heterocycles. The van der Waals surface area contributed by atoms with Crippen LogP contribution in [0.25, 0.3) is 0 Å². The van der Waals surface area contributed by atoms with Gasteiger partial charge in [-0.05, 0) is 37.3 Å². The molecule has 0 aliphatic heterocycles. The first kappa shape index (κ1) is 14.5. The van der Waals surface area contributed by atoms with E-state index in [9.17, 15) is 0 Å². The van der Waals surface area contributed by atoms with Gasteiger partial charge in [0, 0.05) is 21.8 Å². The van der Waals surface area contributed by atoms with E-state index in [4.69, 9.17) is 15.9 Å². The molecule has 104 valence electrons. The van der Waals surface area contributed by atoms with Gasteiger partial charge >= 0.3 is 0 Å². The maximum atomic E-state index is 7.51. The Kier molecular flexibility index (Phi) is 4.69. The molecule has 0 aliphatic rings. The van der Waals surface area contributed by atoms with Crippen molar-refractivity contribution in [2.75, 3.05) is 7.11 Å². The quantitative estimate of drug-likeness (QED) is 0.502. The summed E-state index contributed by atoms with van der Waals surface area (Å²) < 4.78 is 5.36. The van der Waals surface area contributed by atoms with Gasteiger partial charge in [-0.25, -0.2) is 0 Å². The molecule has 0 fully saturated rings. The summed E-state index contributed by atoms with van der Waals surface area (Å²) in [5.41, 5.74) is 8.56. The highest BCUT2D eigenvalue weighted by Crippen LogP contribution is 2.28. The van der Waals surface area contributed by atoms with Gasteiger partial charge in [0.1, 0.15) is 11.6 Å². The van der Waals surface area contributed by atoms with Crippen LogP contribution < -0.4 is 10.5 Å². The summed E-state index contributed by atoms with van der Waals surface area (Å²) in [5.74, 6) is 1.69. The van der Waals surface area contributed by atoms with Crippen LogP contribution in [0.1, 0.15) is 16.7 Å². The van der Waals surface area contributed by atoms with Crippen molar-refractivity contribution in [2.24, 2.45) is 5.73 Å². The number of hydrogen-bond acceptors (Lipinski definition) is 3. The second kappa shape index (κ2) is 6.48. The second-order valence-electron chi connectivity index (χ2n) is 4.54. The molecular formula is C16H18N2OS. The number of benzene rings is 2. The largest absolute Gasteiger partial charge is 0.496 e. The van der Waals surface area contributed by atoms with Crippen LogP contribution in [0.15, 0.2) is 47.4 Å². The normalized spacial score (nSPS) is 10.3. The zero-order valence-corrected chi connectivity index (χ0v) is 12.5. The first-order chi connectivity index (χ1) is 9.60. The topological polar surface area (TPSA) is 59.1 Å². The van der Waals surface area contributed by atoms with Gasteiger partial charge < -0.3 is 10.5 Å². The third-order valence-electron chi connectivity index (χ3n) is 3.01. The number of methoxy groups -OCH3 is 1. The van der Waals surface area contributed by atoms with Crippen molar-refractivity contribution in [3.63, 3.8) is 0 Å². The smallest absolute Gasteiger partial charge is 0.122 e. The van der Waals surface area contributed by atoms with E-state index in [1.54, 1.807) is 24.9 Å². The highest BCUT2D eigenvalue weighted by atomic mass is 32.2. The van der Waals surface area contributed by atoms with Gasteiger partial charge in [-0.15, -0.1) is 11.8 Å². The lowest BCUT2D eigenvalue weighted by molar-refractivity contribution is 0.411. The summed E-state index contributed by atoms with van der Waals surface area (Å²) in [5, 5.41) is 7.51.